The Morgan fingerprint density at radius 2 is 2.26 bits per heavy atom. The van der Waals surface area contributed by atoms with E-state index in [0.29, 0.717) is 31.0 Å². The molecule has 1 saturated heterocycles. The maximum atomic E-state index is 12.1. The molecule has 1 atom stereocenters. The summed E-state index contributed by atoms with van der Waals surface area (Å²) in [4.78, 5) is 14.1. The number of fused-ring (bicyclic) bond motifs is 1. The molecule has 1 aliphatic heterocycles. The second-order valence-electron chi connectivity index (χ2n) is 4.72. The van der Waals surface area contributed by atoms with Gasteiger partial charge in [-0.05, 0) is 19.1 Å². The Morgan fingerprint density at radius 3 is 3.05 bits per heavy atom. The number of hydrogen-bond acceptors (Lipinski definition) is 5. The summed E-state index contributed by atoms with van der Waals surface area (Å²) in [5.74, 6) is 0.465. The van der Waals surface area contributed by atoms with Gasteiger partial charge < -0.3 is 19.2 Å². The molecule has 0 bridgehead atoms. The molecule has 19 heavy (non-hydrogen) atoms. The summed E-state index contributed by atoms with van der Waals surface area (Å²) in [6.45, 7) is 3.88. The van der Waals surface area contributed by atoms with Crippen molar-refractivity contribution < 1.29 is 14.3 Å². The van der Waals surface area contributed by atoms with Gasteiger partial charge in [-0.1, -0.05) is 6.07 Å². The Labute approximate surface area is 110 Å². The van der Waals surface area contributed by atoms with E-state index in [1.165, 1.54) is 12.1 Å². The maximum Gasteiger partial charge on any atom is 0.200 e. The third-order valence-electron chi connectivity index (χ3n) is 3.37. The predicted molar refractivity (Wildman–Crippen MR) is 71.8 cm³/mol. The first kappa shape index (κ1) is 12.0. The quantitative estimate of drug-likeness (QED) is 0.847. The molecule has 100 valence electrons. The fraction of sp³-hybridized carbons (Fsp3) is 0.357. The zero-order valence-electron chi connectivity index (χ0n) is 10.6. The van der Waals surface area contributed by atoms with E-state index in [2.05, 4.69) is 0 Å². The number of ether oxygens (including phenoxy) is 1. The Morgan fingerprint density at radius 1 is 1.42 bits per heavy atom. The second kappa shape index (κ2) is 4.59. The van der Waals surface area contributed by atoms with Crippen LogP contribution in [0.1, 0.15) is 6.92 Å². The van der Waals surface area contributed by atoms with E-state index in [-0.39, 0.29) is 22.8 Å². The molecule has 0 saturated carbocycles. The normalized spacial score (nSPS) is 19.8. The number of rotatable bonds is 1. The average Bonchev–Trinajstić information content (AvgIpc) is 2.40. The van der Waals surface area contributed by atoms with Crippen LogP contribution >= 0.6 is 0 Å². The van der Waals surface area contributed by atoms with Crippen LogP contribution in [0.4, 0.5) is 5.88 Å². The number of aromatic hydroxyl groups is 1. The van der Waals surface area contributed by atoms with Gasteiger partial charge in [0, 0.05) is 12.6 Å². The molecule has 5 nitrogen and oxygen atoms in total. The highest BCUT2D eigenvalue weighted by atomic mass is 16.5. The van der Waals surface area contributed by atoms with Gasteiger partial charge in [-0.3, -0.25) is 4.79 Å². The molecule has 0 spiro atoms. The number of morpholine rings is 1. The number of benzene rings is 1. The smallest absolute Gasteiger partial charge is 0.200 e. The SMILES string of the molecule is C[C@@H]1COCCN1c1cc(=O)c2cccc(O)c2o1. The van der Waals surface area contributed by atoms with Crippen molar-refractivity contribution in [3.63, 3.8) is 0 Å². The Balaban J connectivity index is 2.15. The molecule has 5 heteroatoms. The summed E-state index contributed by atoms with van der Waals surface area (Å²) in [6.07, 6.45) is 0. The molecule has 2 heterocycles. The van der Waals surface area contributed by atoms with Crippen LogP contribution in [0.25, 0.3) is 11.0 Å². The number of phenols is 1. The molecule has 1 N–H and O–H groups in total. The summed E-state index contributed by atoms with van der Waals surface area (Å²) < 4.78 is 11.1. The van der Waals surface area contributed by atoms with Gasteiger partial charge in [0.05, 0.1) is 24.6 Å². The zero-order valence-corrected chi connectivity index (χ0v) is 10.6. The minimum atomic E-state index is -0.147. The van der Waals surface area contributed by atoms with E-state index < -0.39 is 0 Å². The van der Waals surface area contributed by atoms with Gasteiger partial charge in [0.15, 0.2) is 16.8 Å². The highest BCUT2D eigenvalue weighted by Crippen LogP contribution is 2.27. The first-order valence-corrected chi connectivity index (χ1v) is 6.27. The first-order valence-electron chi connectivity index (χ1n) is 6.27. The summed E-state index contributed by atoms with van der Waals surface area (Å²) in [5, 5.41) is 10.2. The number of nitrogens with zero attached hydrogens (tertiary/aromatic N) is 1. The monoisotopic (exact) mass is 261 g/mol. The van der Waals surface area contributed by atoms with E-state index in [1.807, 2.05) is 11.8 Å². The van der Waals surface area contributed by atoms with Crippen molar-refractivity contribution in [2.45, 2.75) is 13.0 Å². The predicted octanol–water partition coefficient (Wildman–Crippen LogP) is 1.72. The van der Waals surface area contributed by atoms with Crippen molar-refractivity contribution >= 4 is 16.9 Å². The van der Waals surface area contributed by atoms with Crippen LogP contribution in [0.5, 0.6) is 5.75 Å². The first-order chi connectivity index (χ1) is 9.16. The largest absolute Gasteiger partial charge is 0.504 e. The lowest BCUT2D eigenvalue weighted by molar-refractivity contribution is 0.0967. The van der Waals surface area contributed by atoms with Crippen molar-refractivity contribution in [2.24, 2.45) is 0 Å². The number of para-hydroxylation sites is 1. The van der Waals surface area contributed by atoms with Gasteiger partial charge in [0.1, 0.15) is 0 Å². The standard InChI is InChI=1S/C14H15NO4/c1-9-8-18-6-5-15(9)13-7-12(17)10-3-2-4-11(16)14(10)19-13/h2-4,7,9,16H,5-6,8H2,1H3/t9-/m1/s1. The van der Waals surface area contributed by atoms with Crippen LogP contribution in [0.2, 0.25) is 0 Å². The third-order valence-corrected chi connectivity index (χ3v) is 3.37. The van der Waals surface area contributed by atoms with Gasteiger partial charge in [-0.25, -0.2) is 0 Å². The lowest BCUT2D eigenvalue weighted by Gasteiger charge is -2.33. The molecule has 1 aromatic carbocycles. The fourth-order valence-electron chi connectivity index (χ4n) is 2.35. The van der Waals surface area contributed by atoms with Crippen molar-refractivity contribution in [1.82, 2.24) is 0 Å². The molecule has 0 radical (unpaired) electrons. The third kappa shape index (κ3) is 2.06. The fourth-order valence-corrected chi connectivity index (χ4v) is 2.35. The van der Waals surface area contributed by atoms with Crippen molar-refractivity contribution in [1.29, 1.82) is 0 Å². The van der Waals surface area contributed by atoms with Crippen molar-refractivity contribution in [2.75, 3.05) is 24.7 Å². The summed E-state index contributed by atoms with van der Waals surface area (Å²) >= 11 is 0. The summed E-state index contributed by atoms with van der Waals surface area (Å²) in [6, 6.07) is 6.40. The lowest BCUT2D eigenvalue weighted by Crippen LogP contribution is -2.44. The average molecular weight is 261 g/mol. The van der Waals surface area contributed by atoms with E-state index in [1.54, 1.807) is 12.1 Å². The molecule has 1 aromatic heterocycles. The molecular weight excluding hydrogens is 246 g/mol. The van der Waals surface area contributed by atoms with Crippen LogP contribution < -0.4 is 10.3 Å². The van der Waals surface area contributed by atoms with E-state index in [0.717, 1.165) is 0 Å². The summed E-state index contributed by atoms with van der Waals surface area (Å²) in [5.41, 5.74) is 0.0922. The summed E-state index contributed by atoms with van der Waals surface area (Å²) in [7, 11) is 0. The van der Waals surface area contributed by atoms with Crippen LogP contribution in [0.15, 0.2) is 33.5 Å². The Hall–Kier alpha value is -2.01. The molecule has 0 amide bonds. The second-order valence-corrected chi connectivity index (χ2v) is 4.72. The Kier molecular flexibility index (Phi) is 2.91. The number of hydrogen-bond donors (Lipinski definition) is 1. The molecular formula is C14H15NO4. The highest BCUT2D eigenvalue weighted by Gasteiger charge is 2.22. The maximum absolute atomic E-state index is 12.1. The molecule has 2 aromatic rings. The zero-order chi connectivity index (χ0) is 13.4. The van der Waals surface area contributed by atoms with Gasteiger partial charge in [0.2, 0.25) is 5.88 Å². The van der Waals surface area contributed by atoms with Crippen molar-refractivity contribution in [3.8, 4) is 5.75 Å². The van der Waals surface area contributed by atoms with Gasteiger partial charge in [-0.15, -0.1) is 0 Å². The van der Waals surface area contributed by atoms with E-state index in [9.17, 15) is 9.90 Å². The molecule has 1 aliphatic rings. The van der Waals surface area contributed by atoms with Gasteiger partial charge in [0.25, 0.3) is 0 Å². The van der Waals surface area contributed by atoms with Gasteiger partial charge in [-0.2, -0.15) is 0 Å². The minimum Gasteiger partial charge on any atom is -0.504 e. The van der Waals surface area contributed by atoms with Crippen LogP contribution in [0, 0.1) is 0 Å². The highest BCUT2D eigenvalue weighted by molar-refractivity contribution is 5.83. The lowest BCUT2D eigenvalue weighted by atomic mass is 10.2. The van der Waals surface area contributed by atoms with E-state index >= 15 is 0 Å². The molecule has 0 aliphatic carbocycles. The number of anilines is 1. The van der Waals surface area contributed by atoms with Crippen LogP contribution in [-0.2, 0) is 4.74 Å². The number of phenolic OH excluding ortho intramolecular Hbond substituents is 1. The van der Waals surface area contributed by atoms with Crippen molar-refractivity contribution in [3.05, 3.63) is 34.5 Å². The van der Waals surface area contributed by atoms with Crippen LogP contribution in [-0.4, -0.2) is 30.9 Å². The minimum absolute atomic E-state index is 0.0163. The molecule has 1 fully saturated rings. The van der Waals surface area contributed by atoms with Gasteiger partial charge >= 0.3 is 0 Å². The molecule has 3 rings (SSSR count). The van der Waals surface area contributed by atoms with Crippen LogP contribution in [0.3, 0.4) is 0 Å². The van der Waals surface area contributed by atoms with E-state index in [4.69, 9.17) is 9.15 Å². The molecule has 0 unspecified atom stereocenters. The Bertz CT molecular complexity index is 664. The topological polar surface area (TPSA) is 62.9 Å².